The van der Waals surface area contributed by atoms with Crippen LogP contribution in [0.3, 0.4) is 0 Å². The van der Waals surface area contributed by atoms with Crippen LogP contribution in [0.5, 0.6) is 0 Å². The number of nitrogens with one attached hydrogen (secondary N) is 1. The molecule has 0 fully saturated rings. The van der Waals surface area contributed by atoms with Crippen LogP contribution in [0.1, 0.15) is 22.0 Å². The molecule has 114 valence electrons. The summed E-state index contributed by atoms with van der Waals surface area (Å²) < 4.78 is 4.97. The van der Waals surface area contributed by atoms with Crippen molar-refractivity contribution in [2.45, 2.75) is 12.1 Å². The first kappa shape index (κ1) is 16.1. The normalized spacial score (nSPS) is 13.1. The maximum atomic E-state index is 12.3. The molecule has 0 saturated heterocycles. The molecule has 5 nitrogen and oxygen atoms in total. The van der Waals surface area contributed by atoms with Crippen molar-refractivity contribution >= 4 is 21.3 Å². The summed E-state index contributed by atoms with van der Waals surface area (Å²) in [5.74, 6) is -1.51. The van der Waals surface area contributed by atoms with E-state index in [0.717, 1.165) is 0 Å². The standard InChI is InChI=1S/C16H16NO4P/c18-15(12-9-5-2-6-10-12)17-13(14(21-22)16(19)20)11-7-3-1-4-8-11/h1-10,13-14H,22H2,(H,17,18)(H,19,20). The van der Waals surface area contributed by atoms with E-state index in [1.165, 1.54) is 0 Å². The average Bonchev–Trinajstić information content (AvgIpc) is 2.55. The lowest BCUT2D eigenvalue weighted by Crippen LogP contribution is -2.40. The molecule has 0 radical (unpaired) electrons. The molecule has 0 saturated carbocycles. The molecule has 2 N–H and O–H groups in total. The number of carboxylic acid groups (broad SMARTS) is 1. The highest BCUT2D eigenvalue weighted by atomic mass is 31.0. The Hall–Kier alpha value is -2.23. The number of benzene rings is 2. The fraction of sp³-hybridized carbons (Fsp3) is 0.125. The molecule has 2 aromatic carbocycles. The van der Waals surface area contributed by atoms with Crippen molar-refractivity contribution in [2.75, 3.05) is 0 Å². The SMILES string of the molecule is O=C(NC(c1ccccc1)C(OP)C(=O)O)c1ccccc1. The molecule has 2 aromatic rings. The monoisotopic (exact) mass is 317 g/mol. The Morgan fingerprint density at radius 1 is 1.00 bits per heavy atom. The van der Waals surface area contributed by atoms with Crippen molar-refractivity contribution in [3.05, 3.63) is 71.8 Å². The summed E-state index contributed by atoms with van der Waals surface area (Å²) >= 11 is 0. The number of aliphatic carboxylic acids is 1. The number of hydrogen-bond acceptors (Lipinski definition) is 3. The number of carboxylic acids is 1. The summed E-state index contributed by atoms with van der Waals surface area (Å²) in [7, 11) is 1.94. The van der Waals surface area contributed by atoms with E-state index in [2.05, 4.69) is 5.32 Å². The molecule has 0 spiro atoms. The van der Waals surface area contributed by atoms with Gasteiger partial charge in [-0.2, -0.15) is 0 Å². The molecule has 3 unspecified atom stereocenters. The van der Waals surface area contributed by atoms with Crippen molar-refractivity contribution in [2.24, 2.45) is 0 Å². The van der Waals surface area contributed by atoms with Crippen LogP contribution in [0.15, 0.2) is 60.7 Å². The molecule has 0 aromatic heterocycles. The average molecular weight is 317 g/mol. The maximum Gasteiger partial charge on any atom is 0.335 e. The molecule has 6 heteroatoms. The highest BCUT2D eigenvalue weighted by molar-refractivity contribution is 7.09. The predicted octanol–water partition coefficient (Wildman–Crippen LogP) is 2.42. The van der Waals surface area contributed by atoms with E-state index in [1.54, 1.807) is 54.6 Å². The van der Waals surface area contributed by atoms with Gasteiger partial charge in [0.2, 0.25) is 0 Å². The molecular formula is C16H16NO4P. The van der Waals surface area contributed by atoms with Gasteiger partial charge in [-0.15, -0.1) is 0 Å². The van der Waals surface area contributed by atoms with Crippen LogP contribution in [0.4, 0.5) is 0 Å². The number of hydrogen-bond donors (Lipinski definition) is 2. The molecule has 0 aliphatic rings. The lowest BCUT2D eigenvalue weighted by Gasteiger charge is -2.24. The third-order valence-corrected chi connectivity index (χ3v) is 3.47. The summed E-state index contributed by atoms with van der Waals surface area (Å²) in [6.07, 6.45) is -1.21. The van der Waals surface area contributed by atoms with Crippen molar-refractivity contribution < 1.29 is 19.2 Å². The molecule has 22 heavy (non-hydrogen) atoms. The number of amides is 1. The zero-order chi connectivity index (χ0) is 15.9. The van der Waals surface area contributed by atoms with Gasteiger partial charge in [0.1, 0.15) is 0 Å². The van der Waals surface area contributed by atoms with E-state index < -0.39 is 18.1 Å². The van der Waals surface area contributed by atoms with Gasteiger partial charge >= 0.3 is 5.97 Å². The Balaban J connectivity index is 2.29. The minimum Gasteiger partial charge on any atom is -0.479 e. The summed E-state index contributed by atoms with van der Waals surface area (Å²) in [4.78, 5) is 23.7. The molecule has 0 aliphatic heterocycles. The quantitative estimate of drug-likeness (QED) is 0.802. The molecule has 2 rings (SSSR count). The lowest BCUT2D eigenvalue weighted by atomic mass is 10.0. The molecule has 0 aliphatic carbocycles. The first-order chi connectivity index (χ1) is 10.6. The highest BCUT2D eigenvalue weighted by Crippen LogP contribution is 2.22. The van der Waals surface area contributed by atoms with Gasteiger partial charge in [-0.3, -0.25) is 4.79 Å². The minimum absolute atomic E-state index is 0.359. The van der Waals surface area contributed by atoms with E-state index in [-0.39, 0.29) is 5.91 Å². The van der Waals surface area contributed by atoms with Gasteiger partial charge in [-0.05, 0) is 17.7 Å². The largest absolute Gasteiger partial charge is 0.479 e. The van der Waals surface area contributed by atoms with Gasteiger partial charge in [0, 0.05) is 15.0 Å². The van der Waals surface area contributed by atoms with Crippen LogP contribution in [-0.4, -0.2) is 23.1 Å². The summed E-state index contributed by atoms with van der Waals surface area (Å²) in [6, 6.07) is 16.7. The summed E-state index contributed by atoms with van der Waals surface area (Å²) in [5.41, 5.74) is 1.11. The molecule has 0 bridgehead atoms. The first-order valence-electron chi connectivity index (χ1n) is 6.62. The second-order valence-corrected chi connectivity index (χ2v) is 4.89. The smallest absolute Gasteiger partial charge is 0.335 e. The van der Waals surface area contributed by atoms with Gasteiger partial charge in [-0.1, -0.05) is 48.5 Å². The Labute approximate surface area is 130 Å². The van der Waals surface area contributed by atoms with Gasteiger partial charge in [-0.25, -0.2) is 4.79 Å². The lowest BCUT2D eigenvalue weighted by molar-refractivity contribution is -0.145. The summed E-state index contributed by atoms with van der Waals surface area (Å²) in [6.45, 7) is 0. The van der Waals surface area contributed by atoms with Crippen LogP contribution in [0.2, 0.25) is 0 Å². The van der Waals surface area contributed by atoms with Crippen LogP contribution >= 0.6 is 9.47 Å². The van der Waals surface area contributed by atoms with Crippen LogP contribution in [0.25, 0.3) is 0 Å². The van der Waals surface area contributed by atoms with E-state index in [4.69, 9.17) is 4.52 Å². The molecule has 3 atom stereocenters. The van der Waals surface area contributed by atoms with E-state index in [1.807, 2.05) is 15.5 Å². The fourth-order valence-electron chi connectivity index (χ4n) is 2.09. The Kier molecular flexibility index (Phi) is 5.64. The molecule has 0 heterocycles. The topological polar surface area (TPSA) is 75.6 Å². The van der Waals surface area contributed by atoms with Crippen molar-refractivity contribution in [3.8, 4) is 0 Å². The fourth-order valence-corrected chi connectivity index (χ4v) is 2.36. The predicted molar refractivity (Wildman–Crippen MR) is 85.3 cm³/mol. The van der Waals surface area contributed by atoms with Crippen molar-refractivity contribution in [3.63, 3.8) is 0 Å². The minimum atomic E-state index is -1.21. The third-order valence-electron chi connectivity index (χ3n) is 3.17. The van der Waals surface area contributed by atoms with E-state index in [0.29, 0.717) is 11.1 Å². The van der Waals surface area contributed by atoms with Crippen LogP contribution in [0, 0.1) is 0 Å². The van der Waals surface area contributed by atoms with Crippen LogP contribution in [-0.2, 0) is 9.32 Å². The Morgan fingerprint density at radius 2 is 1.55 bits per heavy atom. The Bertz CT molecular complexity index is 633. The van der Waals surface area contributed by atoms with E-state index in [9.17, 15) is 14.7 Å². The van der Waals surface area contributed by atoms with Gasteiger partial charge in [0.15, 0.2) is 6.10 Å². The van der Waals surface area contributed by atoms with Crippen molar-refractivity contribution in [1.29, 1.82) is 0 Å². The van der Waals surface area contributed by atoms with Gasteiger partial charge in [0.25, 0.3) is 5.91 Å². The van der Waals surface area contributed by atoms with Gasteiger partial charge in [0.05, 0.1) is 6.04 Å². The number of carbonyl (C=O) groups excluding carboxylic acids is 1. The second kappa shape index (κ2) is 7.69. The first-order valence-corrected chi connectivity index (χ1v) is 7.10. The van der Waals surface area contributed by atoms with E-state index >= 15 is 0 Å². The number of carbonyl (C=O) groups is 2. The zero-order valence-electron chi connectivity index (χ0n) is 11.7. The highest BCUT2D eigenvalue weighted by Gasteiger charge is 2.31. The van der Waals surface area contributed by atoms with Crippen LogP contribution < -0.4 is 5.32 Å². The number of rotatable bonds is 6. The molecular weight excluding hydrogens is 301 g/mol. The third kappa shape index (κ3) is 3.91. The Morgan fingerprint density at radius 3 is 2.05 bits per heavy atom. The van der Waals surface area contributed by atoms with Crippen molar-refractivity contribution in [1.82, 2.24) is 5.32 Å². The molecule has 1 amide bonds. The summed E-state index contributed by atoms with van der Waals surface area (Å²) in [5, 5.41) is 12.0. The van der Waals surface area contributed by atoms with Gasteiger partial charge < -0.3 is 14.9 Å². The second-order valence-electron chi connectivity index (χ2n) is 4.62. The zero-order valence-corrected chi connectivity index (χ0v) is 12.8. The maximum absolute atomic E-state index is 12.3.